The average Bonchev–Trinajstić information content (AvgIpc) is 3.35. The Morgan fingerprint density at radius 1 is 0.966 bits per heavy atom. The van der Waals surface area contributed by atoms with Crippen molar-refractivity contribution in [1.29, 1.82) is 0 Å². The molecule has 0 saturated carbocycles. The van der Waals surface area contributed by atoms with Gasteiger partial charge in [-0.2, -0.15) is 0 Å². The van der Waals surface area contributed by atoms with Crippen molar-refractivity contribution in [3.8, 4) is 0 Å². The van der Waals surface area contributed by atoms with Crippen molar-refractivity contribution in [3.63, 3.8) is 0 Å². The van der Waals surface area contributed by atoms with Gasteiger partial charge >= 0.3 is 0 Å². The standard InChI is InChI=1S/C22H25N3O4/c26-19(11-14-25-21(28)15-7-1-2-8-16(15)22(25)29)23-18-10-4-3-9-17(18)20(27)24-12-5-6-13-24/h1-4,9-10,15-16H,5-8,11-14H2,(H,23,26)/t15-,16+. The summed E-state index contributed by atoms with van der Waals surface area (Å²) >= 11 is 0. The van der Waals surface area contributed by atoms with Gasteiger partial charge in [0.2, 0.25) is 17.7 Å². The molecule has 1 N–H and O–H groups in total. The Balaban J connectivity index is 1.38. The first-order chi connectivity index (χ1) is 14.1. The monoisotopic (exact) mass is 395 g/mol. The number of anilines is 1. The first kappa shape index (κ1) is 19.4. The molecule has 2 saturated heterocycles. The van der Waals surface area contributed by atoms with E-state index in [1.807, 2.05) is 12.2 Å². The van der Waals surface area contributed by atoms with Crippen LogP contribution in [0.1, 0.15) is 42.5 Å². The molecule has 2 fully saturated rings. The molecule has 0 unspecified atom stereocenters. The highest BCUT2D eigenvalue weighted by Gasteiger charge is 2.46. The van der Waals surface area contributed by atoms with Crippen molar-refractivity contribution in [3.05, 3.63) is 42.0 Å². The lowest BCUT2D eigenvalue weighted by Crippen LogP contribution is -2.34. The highest BCUT2D eigenvalue weighted by molar-refractivity contribution is 6.06. The molecule has 1 aliphatic carbocycles. The molecular formula is C22H25N3O4. The van der Waals surface area contributed by atoms with Gasteiger partial charge in [0, 0.05) is 26.1 Å². The number of carbonyl (C=O) groups excluding carboxylic acids is 4. The molecule has 2 atom stereocenters. The molecular weight excluding hydrogens is 370 g/mol. The molecule has 2 heterocycles. The molecule has 1 aromatic rings. The minimum absolute atomic E-state index is 0.0105. The number of nitrogens with one attached hydrogen (secondary N) is 1. The smallest absolute Gasteiger partial charge is 0.255 e. The fraction of sp³-hybridized carbons (Fsp3) is 0.455. The summed E-state index contributed by atoms with van der Waals surface area (Å²) < 4.78 is 0. The van der Waals surface area contributed by atoms with E-state index in [2.05, 4.69) is 5.32 Å². The number of para-hydroxylation sites is 1. The van der Waals surface area contributed by atoms with Gasteiger partial charge in [-0.1, -0.05) is 24.3 Å². The lowest BCUT2D eigenvalue weighted by atomic mass is 9.85. The summed E-state index contributed by atoms with van der Waals surface area (Å²) in [7, 11) is 0. The highest BCUT2D eigenvalue weighted by atomic mass is 16.2. The van der Waals surface area contributed by atoms with Crippen LogP contribution >= 0.6 is 0 Å². The Kier molecular flexibility index (Phi) is 5.47. The fourth-order valence-electron chi connectivity index (χ4n) is 4.38. The molecule has 4 rings (SSSR count). The van der Waals surface area contributed by atoms with Crippen LogP contribution in [0.3, 0.4) is 0 Å². The van der Waals surface area contributed by atoms with Crippen LogP contribution in [0, 0.1) is 11.8 Å². The van der Waals surface area contributed by atoms with E-state index in [-0.39, 0.29) is 48.4 Å². The Hall–Kier alpha value is -2.96. The molecule has 3 aliphatic rings. The van der Waals surface area contributed by atoms with Gasteiger partial charge in [-0.05, 0) is 37.8 Å². The predicted molar refractivity (Wildman–Crippen MR) is 107 cm³/mol. The van der Waals surface area contributed by atoms with Gasteiger partial charge in [0.15, 0.2) is 0 Å². The summed E-state index contributed by atoms with van der Waals surface area (Å²) in [4.78, 5) is 53.2. The SMILES string of the molecule is O=C(CCN1C(=O)[C@H]2CC=CC[C@H]2C1=O)Nc1ccccc1C(=O)N1CCCC1. The molecule has 152 valence electrons. The number of hydrogen-bond acceptors (Lipinski definition) is 4. The second-order valence-electron chi connectivity index (χ2n) is 7.83. The number of fused-ring (bicyclic) bond motifs is 1. The summed E-state index contributed by atoms with van der Waals surface area (Å²) in [5.41, 5.74) is 0.930. The third kappa shape index (κ3) is 3.81. The minimum atomic E-state index is -0.319. The number of allylic oxidation sites excluding steroid dienone is 2. The number of imide groups is 1. The Morgan fingerprint density at radius 3 is 2.24 bits per heavy atom. The van der Waals surface area contributed by atoms with Crippen LogP contribution in [0.25, 0.3) is 0 Å². The number of nitrogens with zero attached hydrogens (tertiary/aromatic N) is 2. The van der Waals surface area contributed by atoms with Crippen molar-refractivity contribution in [2.24, 2.45) is 11.8 Å². The molecule has 1 aromatic carbocycles. The van der Waals surface area contributed by atoms with Crippen LogP contribution in [0.4, 0.5) is 5.69 Å². The van der Waals surface area contributed by atoms with Crippen molar-refractivity contribution in [2.75, 3.05) is 25.0 Å². The molecule has 4 amide bonds. The van der Waals surface area contributed by atoms with E-state index in [4.69, 9.17) is 0 Å². The van der Waals surface area contributed by atoms with Crippen LogP contribution in [-0.4, -0.2) is 53.1 Å². The van der Waals surface area contributed by atoms with Crippen molar-refractivity contribution in [2.45, 2.75) is 32.1 Å². The van der Waals surface area contributed by atoms with E-state index in [0.717, 1.165) is 25.9 Å². The second kappa shape index (κ2) is 8.19. The topological polar surface area (TPSA) is 86.8 Å². The summed E-state index contributed by atoms with van der Waals surface area (Å²) in [6.07, 6.45) is 7.06. The van der Waals surface area contributed by atoms with E-state index in [1.165, 1.54) is 4.90 Å². The van der Waals surface area contributed by atoms with Gasteiger partial charge in [0.05, 0.1) is 23.1 Å². The molecule has 7 nitrogen and oxygen atoms in total. The normalized spacial score (nSPS) is 23.4. The zero-order valence-corrected chi connectivity index (χ0v) is 16.3. The van der Waals surface area contributed by atoms with E-state index in [1.54, 1.807) is 29.2 Å². The Morgan fingerprint density at radius 2 is 1.59 bits per heavy atom. The van der Waals surface area contributed by atoms with Gasteiger partial charge in [-0.15, -0.1) is 0 Å². The molecule has 29 heavy (non-hydrogen) atoms. The third-order valence-corrected chi connectivity index (χ3v) is 5.99. The summed E-state index contributed by atoms with van der Waals surface area (Å²) in [6, 6.07) is 6.95. The molecule has 0 spiro atoms. The summed E-state index contributed by atoms with van der Waals surface area (Å²) in [6.45, 7) is 1.54. The molecule has 7 heteroatoms. The first-order valence-corrected chi connectivity index (χ1v) is 10.2. The molecule has 0 bridgehead atoms. The number of benzene rings is 1. The van der Waals surface area contributed by atoms with E-state index in [0.29, 0.717) is 24.1 Å². The maximum atomic E-state index is 12.7. The average molecular weight is 395 g/mol. The predicted octanol–water partition coefficient (Wildman–Crippen LogP) is 2.20. The summed E-state index contributed by atoms with van der Waals surface area (Å²) in [5, 5.41) is 2.78. The van der Waals surface area contributed by atoms with Crippen LogP contribution in [0.15, 0.2) is 36.4 Å². The Bertz CT molecular complexity index is 847. The zero-order valence-electron chi connectivity index (χ0n) is 16.3. The van der Waals surface area contributed by atoms with Crippen LogP contribution < -0.4 is 5.32 Å². The minimum Gasteiger partial charge on any atom is -0.339 e. The lowest BCUT2D eigenvalue weighted by Gasteiger charge is -2.18. The quantitative estimate of drug-likeness (QED) is 0.612. The largest absolute Gasteiger partial charge is 0.339 e. The van der Waals surface area contributed by atoms with E-state index < -0.39 is 0 Å². The van der Waals surface area contributed by atoms with Crippen LogP contribution in [0.5, 0.6) is 0 Å². The number of rotatable bonds is 5. The van der Waals surface area contributed by atoms with Gasteiger partial charge in [0.1, 0.15) is 0 Å². The maximum Gasteiger partial charge on any atom is 0.255 e. The maximum absolute atomic E-state index is 12.7. The molecule has 0 radical (unpaired) electrons. The second-order valence-corrected chi connectivity index (χ2v) is 7.83. The third-order valence-electron chi connectivity index (χ3n) is 5.99. The number of likely N-dealkylation sites (tertiary alicyclic amines) is 2. The number of hydrogen-bond donors (Lipinski definition) is 1. The van der Waals surface area contributed by atoms with Crippen molar-refractivity contribution in [1.82, 2.24) is 9.80 Å². The molecule has 0 aromatic heterocycles. The van der Waals surface area contributed by atoms with E-state index in [9.17, 15) is 19.2 Å². The van der Waals surface area contributed by atoms with Crippen LogP contribution in [0.2, 0.25) is 0 Å². The van der Waals surface area contributed by atoms with Gasteiger partial charge in [-0.25, -0.2) is 0 Å². The number of carbonyl (C=O) groups is 4. The highest BCUT2D eigenvalue weighted by Crippen LogP contribution is 2.35. The van der Waals surface area contributed by atoms with Crippen LogP contribution in [-0.2, 0) is 14.4 Å². The first-order valence-electron chi connectivity index (χ1n) is 10.2. The van der Waals surface area contributed by atoms with Gasteiger partial charge in [0.25, 0.3) is 5.91 Å². The lowest BCUT2D eigenvalue weighted by molar-refractivity contribution is -0.140. The Labute approximate surface area is 169 Å². The number of amides is 4. The fourth-order valence-corrected chi connectivity index (χ4v) is 4.38. The van der Waals surface area contributed by atoms with Gasteiger partial charge in [-0.3, -0.25) is 24.1 Å². The van der Waals surface area contributed by atoms with Crippen molar-refractivity contribution >= 4 is 29.3 Å². The summed E-state index contributed by atoms with van der Waals surface area (Å²) in [5.74, 6) is -1.33. The van der Waals surface area contributed by atoms with E-state index >= 15 is 0 Å². The molecule has 2 aliphatic heterocycles. The zero-order chi connectivity index (χ0) is 20.4. The van der Waals surface area contributed by atoms with Gasteiger partial charge < -0.3 is 10.2 Å². The van der Waals surface area contributed by atoms with Crippen molar-refractivity contribution < 1.29 is 19.2 Å².